The first-order valence-electron chi connectivity index (χ1n) is 7.00. The van der Waals surface area contributed by atoms with Gasteiger partial charge >= 0.3 is 0 Å². The molecule has 0 bridgehead atoms. The van der Waals surface area contributed by atoms with Crippen molar-refractivity contribution >= 4 is 5.91 Å². The Morgan fingerprint density at radius 2 is 1.94 bits per heavy atom. The van der Waals surface area contributed by atoms with Crippen molar-refractivity contribution in [2.45, 2.75) is 45.8 Å². The highest BCUT2D eigenvalue weighted by atomic mass is 16.2. The fourth-order valence-corrected chi connectivity index (χ4v) is 2.38. The lowest BCUT2D eigenvalue weighted by atomic mass is 10.2. The number of piperazine rings is 1. The minimum atomic E-state index is -0.0784. The third kappa shape index (κ3) is 4.92. The van der Waals surface area contributed by atoms with Crippen LogP contribution in [-0.2, 0) is 4.79 Å². The Bertz CT molecular complexity index is 241. The van der Waals surface area contributed by atoms with E-state index in [-0.39, 0.29) is 11.9 Å². The van der Waals surface area contributed by atoms with Crippen molar-refractivity contribution in [2.75, 3.05) is 32.7 Å². The highest BCUT2D eigenvalue weighted by Gasteiger charge is 2.20. The minimum absolute atomic E-state index is 0.0784. The molecule has 18 heavy (non-hydrogen) atoms. The van der Waals surface area contributed by atoms with Gasteiger partial charge in [-0.2, -0.15) is 0 Å². The average molecular weight is 256 g/mol. The Hall–Kier alpha value is -0.650. The van der Waals surface area contributed by atoms with Gasteiger partial charge in [-0.05, 0) is 27.7 Å². The molecule has 0 spiro atoms. The van der Waals surface area contributed by atoms with Crippen molar-refractivity contribution in [1.29, 1.82) is 0 Å². The minimum Gasteiger partial charge on any atom is -0.353 e. The summed E-state index contributed by atoms with van der Waals surface area (Å²) in [5.41, 5.74) is 0. The van der Waals surface area contributed by atoms with E-state index in [0.29, 0.717) is 18.6 Å². The van der Waals surface area contributed by atoms with Crippen molar-refractivity contribution in [1.82, 2.24) is 20.9 Å². The molecule has 1 fully saturated rings. The lowest BCUT2D eigenvalue weighted by molar-refractivity contribution is -0.123. The summed E-state index contributed by atoms with van der Waals surface area (Å²) in [4.78, 5) is 14.3. The van der Waals surface area contributed by atoms with Gasteiger partial charge in [-0.1, -0.05) is 0 Å². The SMILES string of the molecule is CC(C)N(CCNC(=O)C1CNCCN1)C(C)C. The van der Waals surface area contributed by atoms with E-state index in [1.807, 2.05) is 0 Å². The summed E-state index contributed by atoms with van der Waals surface area (Å²) in [5.74, 6) is 0.106. The molecular formula is C13H28N4O. The fraction of sp³-hybridized carbons (Fsp3) is 0.923. The Balaban J connectivity index is 2.25. The molecule has 1 saturated heterocycles. The fourth-order valence-electron chi connectivity index (χ4n) is 2.38. The highest BCUT2D eigenvalue weighted by Crippen LogP contribution is 2.03. The summed E-state index contributed by atoms with van der Waals surface area (Å²) in [6.07, 6.45) is 0. The molecule has 1 heterocycles. The van der Waals surface area contributed by atoms with E-state index in [9.17, 15) is 4.79 Å². The van der Waals surface area contributed by atoms with Crippen LogP contribution in [0.4, 0.5) is 0 Å². The molecule has 1 atom stereocenters. The van der Waals surface area contributed by atoms with Crippen LogP contribution in [0.15, 0.2) is 0 Å². The second-order valence-corrected chi connectivity index (χ2v) is 5.43. The molecular weight excluding hydrogens is 228 g/mol. The molecule has 0 saturated carbocycles. The van der Waals surface area contributed by atoms with Gasteiger partial charge in [0.25, 0.3) is 0 Å². The lowest BCUT2D eigenvalue weighted by Crippen LogP contribution is -2.56. The maximum Gasteiger partial charge on any atom is 0.238 e. The number of rotatable bonds is 6. The van der Waals surface area contributed by atoms with Crippen LogP contribution in [0, 0.1) is 0 Å². The number of carbonyl (C=O) groups excluding carboxylic acids is 1. The Morgan fingerprint density at radius 1 is 1.28 bits per heavy atom. The van der Waals surface area contributed by atoms with E-state index in [0.717, 1.165) is 26.2 Å². The molecule has 106 valence electrons. The Kier molecular flexibility index (Phi) is 6.60. The lowest BCUT2D eigenvalue weighted by Gasteiger charge is -2.31. The molecule has 0 aliphatic carbocycles. The molecule has 1 aliphatic heterocycles. The maximum absolute atomic E-state index is 11.9. The van der Waals surface area contributed by atoms with Gasteiger partial charge < -0.3 is 16.0 Å². The zero-order chi connectivity index (χ0) is 13.5. The molecule has 3 N–H and O–H groups in total. The normalized spacial score (nSPS) is 20.7. The molecule has 5 heteroatoms. The number of carbonyl (C=O) groups is 1. The second kappa shape index (κ2) is 7.71. The summed E-state index contributed by atoms with van der Waals surface area (Å²) in [6, 6.07) is 0.943. The van der Waals surface area contributed by atoms with E-state index in [2.05, 4.69) is 48.5 Å². The van der Waals surface area contributed by atoms with Crippen LogP contribution >= 0.6 is 0 Å². The Morgan fingerprint density at radius 3 is 2.44 bits per heavy atom. The van der Waals surface area contributed by atoms with Gasteiger partial charge in [-0.3, -0.25) is 9.69 Å². The monoisotopic (exact) mass is 256 g/mol. The molecule has 1 amide bonds. The van der Waals surface area contributed by atoms with Crippen LogP contribution in [0.5, 0.6) is 0 Å². The van der Waals surface area contributed by atoms with Crippen molar-refractivity contribution in [3.8, 4) is 0 Å². The standard InChI is InChI=1S/C13H28N4O/c1-10(2)17(11(3)4)8-7-16-13(18)12-9-14-5-6-15-12/h10-12,14-15H,5-9H2,1-4H3,(H,16,18). The van der Waals surface area contributed by atoms with Crippen LogP contribution in [0.2, 0.25) is 0 Å². The number of nitrogens with zero attached hydrogens (tertiary/aromatic N) is 1. The largest absolute Gasteiger partial charge is 0.353 e. The topological polar surface area (TPSA) is 56.4 Å². The zero-order valence-electron chi connectivity index (χ0n) is 12.1. The first-order chi connectivity index (χ1) is 8.52. The van der Waals surface area contributed by atoms with Gasteiger partial charge in [-0.25, -0.2) is 0 Å². The van der Waals surface area contributed by atoms with Crippen molar-refractivity contribution in [2.24, 2.45) is 0 Å². The predicted molar refractivity (Wildman–Crippen MR) is 74.6 cm³/mol. The molecule has 0 radical (unpaired) electrons. The molecule has 1 aliphatic rings. The number of hydrogen-bond donors (Lipinski definition) is 3. The first kappa shape index (κ1) is 15.4. The Labute approximate surface area is 111 Å². The highest BCUT2D eigenvalue weighted by molar-refractivity contribution is 5.82. The molecule has 1 unspecified atom stereocenters. The van der Waals surface area contributed by atoms with Crippen molar-refractivity contribution in [3.05, 3.63) is 0 Å². The second-order valence-electron chi connectivity index (χ2n) is 5.43. The van der Waals surface area contributed by atoms with Gasteiger partial charge in [0.2, 0.25) is 5.91 Å². The average Bonchev–Trinajstić information content (AvgIpc) is 2.34. The van der Waals surface area contributed by atoms with Gasteiger partial charge in [0.1, 0.15) is 0 Å². The van der Waals surface area contributed by atoms with E-state index in [4.69, 9.17) is 0 Å². The molecule has 0 aromatic carbocycles. The number of nitrogens with one attached hydrogen (secondary N) is 3. The third-order valence-corrected chi connectivity index (χ3v) is 3.35. The molecule has 5 nitrogen and oxygen atoms in total. The van der Waals surface area contributed by atoms with Crippen molar-refractivity contribution < 1.29 is 4.79 Å². The van der Waals surface area contributed by atoms with E-state index >= 15 is 0 Å². The summed E-state index contributed by atoms with van der Waals surface area (Å²) >= 11 is 0. The predicted octanol–water partition coefficient (Wildman–Crippen LogP) is -0.217. The summed E-state index contributed by atoms with van der Waals surface area (Å²) < 4.78 is 0. The van der Waals surface area contributed by atoms with E-state index in [1.165, 1.54) is 0 Å². The summed E-state index contributed by atoms with van der Waals surface area (Å²) in [5, 5.41) is 9.44. The number of hydrogen-bond acceptors (Lipinski definition) is 4. The van der Waals surface area contributed by atoms with E-state index in [1.54, 1.807) is 0 Å². The van der Waals surface area contributed by atoms with Gasteiger partial charge in [-0.15, -0.1) is 0 Å². The third-order valence-electron chi connectivity index (χ3n) is 3.35. The van der Waals surface area contributed by atoms with Crippen molar-refractivity contribution in [3.63, 3.8) is 0 Å². The van der Waals surface area contributed by atoms with Gasteiger partial charge in [0, 0.05) is 44.8 Å². The van der Waals surface area contributed by atoms with Gasteiger partial charge in [0.05, 0.1) is 6.04 Å². The van der Waals surface area contributed by atoms with E-state index < -0.39 is 0 Å². The van der Waals surface area contributed by atoms with Gasteiger partial charge in [0.15, 0.2) is 0 Å². The van der Waals surface area contributed by atoms with Crippen LogP contribution in [0.3, 0.4) is 0 Å². The summed E-state index contributed by atoms with van der Waals surface area (Å²) in [6.45, 7) is 12.9. The number of amides is 1. The van der Waals surface area contributed by atoms with Crippen LogP contribution < -0.4 is 16.0 Å². The summed E-state index contributed by atoms with van der Waals surface area (Å²) in [7, 11) is 0. The molecule has 0 aromatic heterocycles. The zero-order valence-corrected chi connectivity index (χ0v) is 12.1. The molecule has 1 rings (SSSR count). The molecule has 0 aromatic rings. The van der Waals surface area contributed by atoms with Crippen LogP contribution in [-0.4, -0.2) is 61.7 Å². The quantitative estimate of drug-likeness (QED) is 0.615. The smallest absolute Gasteiger partial charge is 0.238 e. The first-order valence-corrected chi connectivity index (χ1v) is 7.00. The van der Waals surface area contributed by atoms with Crippen LogP contribution in [0.25, 0.3) is 0 Å². The van der Waals surface area contributed by atoms with Crippen LogP contribution in [0.1, 0.15) is 27.7 Å². The maximum atomic E-state index is 11.9.